The summed E-state index contributed by atoms with van der Waals surface area (Å²) in [6.45, 7) is 3.26. The minimum atomic E-state index is -0.228. The van der Waals surface area contributed by atoms with Gasteiger partial charge in [0.2, 0.25) is 5.91 Å². The summed E-state index contributed by atoms with van der Waals surface area (Å²) in [5, 5.41) is 6.54. The number of ether oxygens (including phenoxy) is 1. The van der Waals surface area contributed by atoms with E-state index >= 15 is 0 Å². The quantitative estimate of drug-likeness (QED) is 0.291. The number of carbonyl (C=O) groups excluding carboxylic acids is 1. The number of carbonyl (C=O) groups is 1. The number of hydrogen-bond acceptors (Lipinski definition) is 3. The summed E-state index contributed by atoms with van der Waals surface area (Å²) in [6, 6.07) is 12.7. The van der Waals surface area contributed by atoms with Crippen LogP contribution in [-0.4, -0.2) is 57.6 Å². The molecule has 6 nitrogen and oxygen atoms in total. The molecule has 8 heteroatoms. The van der Waals surface area contributed by atoms with Crippen LogP contribution in [-0.2, 0) is 17.6 Å². The maximum atomic E-state index is 13.3. The molecular weight excluding hydrogens is 510 g/mol. The first-order chi connectivity index (χ1) is 14.4. The lowest BCUT2D eigenvalue weighted by Gasteiger charge is -2.14. The Bertz CT molecular complexity index is 857. The first-order valence-corrected chi connectivity index (χ1v) is 9.99. The Morgan fingerprint density at radius 3 is 2.29 bits per heavy atom. The van der Waals surface area contributed by atoms with Crippen LogP contribution < -0.4 is 15.4 Å². The van der Waals surface area contributed by atoms with Gasteiger partial charge in [0.1, 0.15) is 18.1 Å². The number of aliphatic imine (C=N–C) groups is 1. The second-order valence-corrected chi connectivity index (χ2v) is 7.23. The van der Waals surface area contributed by atoms with Gasteiger partial charge < -0.3 is 20.3 Å². The smallest absolute Gasteiger partial charge is 0.243 e. The summed E-state index contributed by atoms with van der Waals surface area (Å²) in [5.74, 6) is 1.11. The largest absolute Gasteiger partial charge is 0.497 e. The third-order valence-electron chi connectivity index (χ3n) is 4.73. The van der Waals surface area contributed by atoms with Crippen molar-refractivity contribution in [3.05, 3.63) is 65.0 Å². The van der Waals surface area contributed by atoms with Gasteiger partial charge in [-0.1, -0.05) is 18.2 Å². The molecule has 0 aliphatic carbocycles. The van der Waals surface area contributed by atoms with Crippen molar-refractivity contribution in [1.82, 2.24) is 15.5 Å². The fourth-order valence-corrected chi connectivity index (χ4v) is 2.84. The zero-order valence-electron chi connectivity index (χ0n) is 18.6. The van der Waals surface area contributed by atoms with E-state index in [0.717, 1.165) is 29.7 Å². The zero-order valence-corrected chi connectivity index (χ0v) is 20.9. The highest BCUT2D eigenvalue weighted by atomic mass is 127. The third-order valence-corrected chi connectivity index (χ3v) is 4.73. The van der Waals surface area contributed by atoms with E-state index in [9.17, 15) is 9.18 Å². The van der Waals surface area contributed by atoms with E-state index in [1.807, 2.05) is 31.2 Å². The molecule has 31 heavy (non-hydrogen) atoms. The highest BCUT2D eigenvalue weighted by molar-refractivity contribution is 14.0. The minimum absolute atomic E-state index is 0. The van der Waals surface area contributed by atoms with Gasteiger partial charge in [-0.2, -0.15) is 0 Å². The lowest BCUT2D eigenvalue weighted by molar-refractivity contribution is -0.127. The highest BCUT2D eigenvalue weighted by Crippen LogP contribution is 2.11. The predicted octanol–water partition coefficient (Wildman–Crippen LogP) is 3.17. The van der Waals surface area contributed by atoms with E-state index in [1.54, 1.807) is 27.3 Å². The second kappa shape index (κ2) is 13.8. The normalized spacial score (nSPS) is 10.8. The van der Waals surface area contributed by atoms with Crippen molar-refractivity contribution in [1.29, 1.82) is 0 Å². The van der Waals surface area contributed by atoms with E-state index in [0.29, 0.717) is 19.0 Å². The van der Waals surface area contributed by atoms with Gasteiger partial charge in [-0.3, -0.25) is 4.79 Å². The molecule has 2 N–H and O–H groups in total. The van der Waals surface area contributed by atoms with E-state index in [1.165, 1.54) is 22.6 Å². The molecule has 0 saturated heterocycles. The molecule has 1 amide bonds. The van der Waals surface area contributed by atoms with Crippen molar-refractivity contribution in [2.75, 3.05) is 40.8 Å². The van der Waals surface area contributed by atoms with Crippen LogP contribution in [0.25, 0.3) is 0 Å². The second-order valence-electron chi connectivity index (χ2n) is 7.23. The van der Waals surface area contributed by atoms with Gasteiger partial charge in [0.15, 0.2) is 5.96 Å². The van der Waals surface area contributed by atoms with Crippen LogP contribution in [0.4, 0.5) is 4.39 Å². The zero-order chi connectivity index (χ0) is 21.9. The van der Waals surface area contributed by atoms with Crippen molar-refractivity contribution in [2.45, 2.75) is 19.8 Å². The molecule has 0 radical (unpaired) electrons. The molecular formula is C23H32FIN4O2. The van der Waals surface area contributed by atoms with Gasteiger partial charge in [-0.25, -0.2) is 9.38 Å². The molecule has 0 fully saturated rings. The molecule has 170 valence electrons. The Hall–Kier alpha value is -2.36. The number of halogens is 2. The molecule has 2 rings (SSSR count). The number of rotatable bonds is 9. The van der Waals surface area contributed by atoms with E-state index in [2.05, 4.69) is 15.6 Å². The monoisotopic (exact) mass is 542 g/mol. The van der Waals surface area contributed by atoms with Crippen molar-refractivity contribution >= 4 is 35.8 Å². The molecule has 2 aromatic carbocycles. The van der Waals surface area contributed by atoms with Crippen molar-refractivity contribution in [2.24, 2.45) is 4.99 Å². The van der Waals surface area contributed by atoms with Crippen molar-refractivity contribution in [3.63, 3.8) is 0 Å². The summed E-state index contributed by atoms with van der Waals surface area (Å²) in [6.07, 6.45) is 1.54. The van der Waals surface area contributed by atoms with Gasteiger partial charge in [-0.15, -0.1) is 24.0 Å². The summed E-state index contributed by atoms with van der Waals surface area (Å²) < 4.78 is 18.5. The average molecular weight is 542 g/mol. The molecule has 0 unspecified atom stereocenters. The van der Waals surface area contributed by atoms with Gasteiger partial charge in [-0.05, 0) is 60.7 Å². The molecule has 0 saturated carbocycles. The van der Waals surface area contributed by atoms with Crippen LogP contribution in [0.2, 0.25) is 0 Å². The topological polar surface area (TPSA) is 66.0 Å². The third kappa shape index (κ3) is 9.54. The highest BCUT2D eigenvalue weighted by Gasteiger charge is 2.06. The van der Waals surface area contributed by atoms with E-state index < -0.39 is 0 Å². The Balaban J connectivity index is 0.00000480. The van der Waals surface area contributed by atoms with Crippen molar-refractivity contribution < 1.29 is 13.9 Å². The van der Waals surface area contributed by atoms with Gasteiger partial charge in [0.25, 0.3) is 0 Å². The average Bonchev–Trinajstić information content (AvgIpc) is 2.73. The Morgan fingerprint density at radius 2 is 1.71 bits per heavy atom. The summed E-state index contributed by atoms with van der Waals surface area (Å²) in [5.41, 5.74) is 3.17. The van der Waals surface area contributed by atoms with Crippen LogP contribution in [0.3, 0.4) is 0 Å². The Morgan fingerprint density at radius 1 is 1.06 bits per heavy atom. The van der Waals surface area contributed by atoms with Crippen LogP contribution in [0.15, 0.2) is 47.5 Å². The first kappa shape index (κ1) is 26.7. The number of nitrogens with zero attached hydrogens (tertiary/aromatic N) is 2. The van der Waals surface area contributed by atoms with E-state index in [-0.39, 0.29) is 42.2 Å². The summed E-state index contributed by atoms with van der Waals surface area (Å²) in [7, 11) is 5.06. The fraction of sp³-hybridized carbons (Fsp3) is 0.391. The van der Waals surface area contributed by atoms with Gasteiger partial charge >= 0.3 is 0 Å². The molecule has 0 aliphatic rings. The molecule has 0 aliphatic heterocycles. The van der Waals surface area contributed by atoms with Crippen LogP contribution in [0, 0.1) is 12.7 Å². The lowest BCUT2D eigenvalue weighted by atomic mass is 10.1. The minimum Gasteiger partial charge on any atom is -0.497 e. The van der Waals surface area contributed by atoms with Gasteiger partial charge in [0.05, 0.1) is 7.11 Å². The SMILES string of the molecule is COc1ccc(CCNC(=NCC(=O)N(C)C)NCCc2ccc(F)cc2C)cc1.I. The molecule has 0 spiro atoms. The number of hydrogen-bond donors (Lipinski definition) is 2. The first-order valence-electron chi connectivity index (χ1n) is 9.99. The molecule has 0 aromatic heterocycles. The van der Waals surface area contributed by atoms with Crippen LogP contribution in [0.1, 0.15) is 16.7 Å². The Labute approximate surface area is 201 Å². The number of amides is 1. The molecule has 0 bridgehead atoms. The predicted molar refractivity (Wildman–Crippen MR) is 134 cm³/mol. The number of benzene rings is 2. The van der Waals surface area contributed by atoms with Crippen LogP contribution in [0.5, 0.6) is 5.75 Å². The van der Waals surface area contributed by atoms with Gasteiger partial charge in [0, 0.05) is 27.2 Å². The molecule has 2 aromatic rings. The number of aryl methyl sites for hydroxylation is 1. The van der Waals surface area contributed by atoms with Crippen LogP contribution >= 0.6 is 24.0 Å². The number of guanidine groups is 1. The summed E-state index contributed by atoms with van der Waals surface area (Å²) >= 11 is 0. The lowest BCUT2D eigenvalue weighted by Crippen LogP contribution is -2.40. The van der Waals surface area contributed by atoms with Crippen molar-refractivity contribution in [3.8, 4) is 5.75 Å². The number of likely N-dealkylation sites (N-methyl/N-ethyl adjacent to an activating group) is 1. The maximum Gasteiger partial charge on any atom is 0.243 e. The molecule has 0 heterocycles. The maximum absolute atomic E-state index is 13.3. The summed E-state index contributed by atoms with van der Waals surface area (Å²) in [4.78, 5) is 17.8. The molecule has 0 atom stereocenters. The Kier molecular flexibility index (Phi) is 11.9. The number of methoxy groups -OCH3 is 1. The number of nitrogens with one attached hydrogen (secondary N) is 2. The van der Waals surface area contributed by atoms with E-state index in [4.69, 9.17) is 4.74 Å². The fourth-order valence-electron chi connectivity index (χ4n) is 2.84. The standard InChI is InChI=1S/C23H31FN4O2.HI/c1-17-15-20(24)8-7-19(17)12-14-26-23(27-16-22(29)28(2)3)25-13-11-18-5-9-21(30-4)10-6-18;/h5-10,15H,11-14,16H2,1-4H3,(H2,25,26,27);1H.